The summed E-state index contributed by atoms with van der Waals surface area (Å²) in [6.07, 6.45) is 1.85. The molecule has 1 N–H and O–H groups in total. The van der Waals surface area contributed by atoms with Gasteiger partial charge in [-0.2, -0.15) is 0 Å². The van der Waals surface area contributed by atoms with Gasteiger partial charge < -0.3 is 9.84 Å². The van der Waals surface area contributed by atoms with Gasteiger partial charge >= 0.3 is 0 Å². The molecular formula is C13H22O4. The van der Waals surface area contributed by atoms with Crippen LogP contribution in [0.3, 0.4) is 0 Å². The van der Waals surface area contributed by atoms with Crippen LogP contribution in [0.5, 0.6) is 0 Å². The summed E-state index contributed by atoms with van der Waals surface area (Å²) >= 11 is 0. The predicted octanol–water partition coefficient (Wildman–Crippen LogP) is 1.21. The van der Waals surface area contributed by atoms with Gasteiger partial charge in [-0.05, 0) is 18.8 Å². The van der Waals surface area contributed by atoms with Gasteiger partial charge in [-0.25, -0.2) is 0 Å². The number of rotatable bonds is 6. The fourth-order valence-electron chi connectivity index (χ4n) is 2.36. The zero-order valence-corrected chi connectivity index (χ0v) is 10.6. The highest BCUT2D eigenvalue weighted by Gasteiger charge is 2.32. The molecule has 1 rings (SSSR count). The van der Waals surface area contributed by atoms with Crippen molar-refractivity contribution in [2.45, 2.75) is 33.1 Å². The van der Waals surface area contributed by atoms with E-state index in [1.807, 2.05) is 13.8 Å². The van der Waals surface area contributed by atoms with Crippen LogP contribution in [0.2, 0.25) is 0 Å². The average molecular weight is 242 g/mol. The molecule has 0 spiro atoms. The van der Waals surface area contributed by atoms with Crippen molar-refractivity contribution in [1.82, 2.24) is 0 Å². The van der Waals surface area contributed by atoms with E-state index in [1.54, 1.807) is 0 Å². The van der Waals surface area contributed by atoms with Gasteiger partial charge in [0, 0.05) is 31.5 Å². The Bertz CT molecular complexity index is 267. The molecule has 0 bridgehead atoms. The van der Waals surface area contributed by atoms with Crippen LogP contribution in [-0.4, -0.2) is 36.5 Å². The van der Waals surface area contributed by atoms with Crippen LogP contribution < -0.4 is 0 Å². The third-order valence-electron chi connectivity index (χ3n) is 3.39. The molecule has 1 fully saturated rings. The minimum Gasteiger partial charge on any atom is -0.389 e. The monoisotopic (exact) mass is 242 g/mol. The molecule has 17 heavy (non-hydrogen) atoms. The molecule has 0 aromatic rings. The lowest BCUT2D eigenvalue weighted by Crippen LogP contribution is -2.33. The lowest BCUT2D eigenvalue weighted by Gasteiger charge is -2.30. The first-order chi connectivity index (χ1) is 8.06. The van der Waals surface area contributed by atoms with Crippen LogP contribution in [0, 0.1) is 17.8 Å². The van der Waals surface area contributed by atoms with Crippen LogP contribution >= 0.6 is 0 Å². The van der Waals surface area contributed by atoms with E-state index in [0.29, 0.717) is 13.2 Å². The molecule has 1 heterocycles. The zero-order chi connectivity index (χ0) is 12.8. The number of carbonyl (C=O) groups is 2. The van der Waals surface area contributed by atoms with Gasteiger partial charge in [-0.3, -0.25) is 9.59 Å². The third kappa shape index (κ3) is 4.21. The first-order valence-electron chi connectivity index (χ1n) is 6.30. The van der Waals surface area contributed by atoms with Crippen LogP contribution in [-0.2, 0) is 14.3 Å². The fourth-order valence-corrected chi connectivity index (χ4v) is 2.36. The Morgan fingerprint density at radius 1 is 1.29 bits per heavy atom. The van der Waals surface area contributed by atoms with Crippen molar-refractivity contribution in [3.05, 3.63) is 0 Å². The number of hydrogen-bond acceptors (Lipinski definition) is 4. The molecule has 1 aliphatic heterocycles. The number of carbonyl (C=O) groups excluding carboxylic acids is 2. The van der Waals surface area contributed by atoms with Gasteiger partial charge in [0.2, 0.25) is 0 Å². The van der Waals surface area contributed by atoms with E-state index in [2.05, 4.69) is 0 Å². The molecule has 4 nitrogen and oxygen atoms in total. The molecule has 1 aliphatic rings. The highest BCUT2D eigenvalue weighted by Crippen LogP contribution is 2.29. The molecule has 0 aromatic carbocycles. The van der Waals surface area contributed by atoms with Gasteiger partial charge in [0.1, 0.15) is 12.4 Å². The third-order valence-corrected chi connectivity index (χ3v) is 3.39. The topological polar surface area (TPSA) is 63.6 Å². The molecule has 1 unspecified atom stereocenters. The lowest BCUT2D eigenvalue weighted by molar-refractivity contribution is -0.134. The van der Waals surface area contributed by atoms with Crippen LogP contribution in [0.4, 0.5) is 0 Å². The van der Waals surface area contributed by atoms with Gasteiger partial charge in [-0.15, -0.1) is 0 Å². The second-order valence-corrected chi connectivity index (χ2v) is 5.01. The van der Waals surface area contributed by atoms with Crippen molar-refractivity contribution in [3.8, 4) is 0 Å². The van der Waals surface area contributed by atoms with Crippen molar-refractivity contribution < 1.29 is 19.4 Å². The second kappa shape index (κ2) is 6.87. The summed E-state index contributed by atoms with van der Waals surface area (Å²) in [7, 11) is 0. The van der Waals surface area contributed by atoms with E-state index < -0.39 is 6.61 Å². The highest BCUT2D eigenvalue weighted by molar-refractivity contribution is 5.89. The number of Topliss-reactive ketones (excluding diaryl/α,β-unsaturated/α-hetero) is 2. The van der Waals surface area contributed by atoms with Crippen LogP contribution in [0.15, 0.2) is 0 Å². The maximum atomic E-state index is 12.1. The Labute approximate surface area is 102 Å². The summed E-state index contributed by atoms with van der Waals surface area (Å²) in [4.78, 5) is 23.5. The first kappa shape index (κ1) is 14.3. The maximum absolute atomic E-state index is 12.1. The van der Waals surface area contributed by atoms with Crippen molar-refractivity contribution in [3.63, 3.8) is 0 Å². The summed E-state index contributed by atoms with van der Waals surface area (Å²) in [5.74, 6) is -0.170. The molecule has 0 saturated carbocycles. The molecule has 4 heteroatoms. The summed E-state index contributed by atoms with van der Waals surface area (Å²) in [5, 5.41) is 8.82. The minimum atomic E-state index is -0.467. The Balaban J connectivity index is 2.69. The smallest absolute Gasteiger partial charge is 0.158 e. The Hall–Kier alpha value is -0.740. The number of ketones is 2. The van der Waals surface area contributed by atoms with E-state index in [-0.39, 0.29) is 35.7 Å². The SMILES string of the molecule is CC(C)C(=O)C(CC(=O)CO)C1CCOCC1. The number of aliphatic hydroxyl groups is 1. The van der Waals surface area contributed by atoms with E-state index >= 15 is 0 Å². The van der Waals surface area contributed by atoms with Crippen LogP contribution in [0.25, 0.3) is 0 Å². The van der Waals surface area contributed by atoms with Crippen molar-refractivity contribution in [2.24, 2.45) is 17.8 Å². The predicted molar refractivity (Wildman–Crippen MR) is 63.6 cm³/mol. The molecule has 0 amide bonds. The fraction of sp³-hybridized carbons (Fsp3) is 0.846. The summed E-state index contributed by atoms with van der Waals surface area (Å²) < 4.78 is 5.28. The highest BCUT2D eigenvalue weighted by atomic mass is 16.5. The van der Waals surface area contributed by atoms with E-state index in [0.717, 1.165) is 12.8 Å². The van der Waals surface area contributed by atoms with E-state index in [4.69, 9.17) is 9.84 Å². The Morgan fingerprint density at radius 3 is 2.35 bits per heavy atom. The Kier molecular flexibility index (Phi) is 5.78. The molecule has 0 aromatic heterocycles. The number of ether oxygens (including phenoxy) is 1. The maximum Gasteiger partial charge on any atom is 0.158 e. The molecular weight excluding hydrogens is 220 g/mol. The minimum absolute atomic E-state index is 0.0608. The molecule has 0 radical (unpaired) electrons. The molecule has 1 atom stereocenters. The summed E-state index contributed by atoms with van der Waals surface area (Å²) in [6.45, 7) is 4.58. The van der Waals surface area contributed by atoms with Crippen molar-refractivity contribution >= 4 is 11.6 Å². The Morgan fingerprint density at radius 2 is 1.88 bits per heavy atom. The standard InChI is InChI=1S/C13H22O4/c1-9(2)13(16)12(7-11(15)8-14)10-3-5-17-6-4-10/h9-10,12,14H,3-8H2,1-2H3. The summed E-state index contributed by atoms with van der Waals surface area (Å²) in [5.41, 5.74) is 0. The van der Waals surface area contributed by atoms with Crippen LogP contribution in [0.1, 0.15) is 33.1 Å². The van der Waals surface area contributed by atoms with Gasteiger partial charge in [0.25, 0.3) is 0 Å². The van der Waals surface area contributed by atoms with E-state index in [9.17, 15) is 9.59 Å². The van der Waals surface area contributed by atoms with Gasteiger partial charge in [0.05, 0.1) is 0 Å². The largest absolute Gasteiger partial charge is 0.389 e. The molecule has 1 saturated heterocycles. The summed E-state index contributed by atoms with van der Waals surface area (Å²) in [6, 6.07) is 0. The second-order valence-electron chi connectivity index (χ2n) is 5.01. The van der Waals surface area contributed by atoms with Gasteiger partial charge in [-0.1, -0.05) is 13.8 Å². The number of hydrogen-bond donors (Lipinski definition) is 1. The average Bonchev–Trinajstić information content (AvgIpc) is 2.35. The van der Waals surface area contributed by atoms with Gasteiger partial charge in [0.15, 0.2) is 5.78 Å². The molecule has 0 aliphatic carbocycles. The van der Waals surface area contributed by atoms with Crippen molar-refractivity contribution in [2.75, 3.05) is 19.8 Å². The van der Waals surface area contributed by atoms with E-state index in [1.165, 1.54) is 0 Å². The quantitative estimate of drug-likeness (QED) is 0.760. The lowest BCUT2D eigenvalue weighted by atomic mass is 9.77. The number of aliphatic hydroxyl groups excluding tert-OH is 1. The molecule has 98 valence electrons. The zero-order valence-electron chi connectivity index (χ0n) is 10.6. The van der Waals surface area contributed by atoms with Crippen molar-refractivity contribution in [1.29, 1.82) is 0 Å². The normalized spacial score (nSPS) is 19.3. The first-order valence-corrected chi connectivity index (χ1v) is 6.30.